The molecule has 4 nitrogen and oxygen atoms in total. The summed E-state index contributed by atoms with van der Waals surface area (Å²) >= 11 is 0. The molecule has 0 aliphatic carbocycles. The smallest absolute Gasteiger partial charge is 0.249 e. The van der Waals surface area contributed by atoms with Gasteiger partial charge in [0.2, 0.25) is 5.56 Å². The summed E-state index contributed by atoms with van der Waals surface area (Å²) in [5, 5.41) is 3.05. The second-order valence-electron chi connectivity index (χ2n) is 2.50. The maximum atomic E-state index is 10.8. The third kappa shape index (κ3) is 2.75. The van der Waals surface area contributed by atoms with Crippen LogP contribution in [0.2, 0.25) is 0 Å². The van der Waals surface area contributed by atoms with Gasteiger partial charge in [-0.1, -0.05) is 6.07 Å². The third-order valence-electron chi connectivity index (χ3n) is 1.46. The van der Waals surface area contributed by atoms with Gasteiger partial charge in [0, 0.05) is 12.6 Å². The molecule has 4 heteroatoms. The lowest BCUT2D eigenvalue weighted by Crippen LogP contribution is -2.12. The first-order valence-corrected chi connectivity index (χ1v) is 3.96. The molecule has 0 bridgehead atoms. The van der Waals surface area contributed by atoms with Crippen LogP contribution in [0, 0.1) is 0 Å². The molecular weight excluding hydrogens is 154 g/mol. The summed E-state index contributed by atoms with van der Waals surface area (Å²) in [6.07, 6.45) is 0.900. The SMILES string of the molecule is NCCCNc1cccc(=O)[nH]1. The molecule has 0 unspecified atom stereocenters. The van der Waals surface area contributed by atoms with E-state index < -0.39 is 0 Å². The summed E-state index contributed by atoms with van der Waals surface area (Å²) in [5.74, 6) is 0.746. The molecule has 66 valence electrons. The van der Waals surface area contributed by atoms with Crippen molar-refractivity contribution in [1.29, 1.82) is 0 Å². The van der Waals surface area contributed by atoms with Crippen LogP contribution in [0.3, 0.4) is 0 Å². The number of anilines is 1. The van der Waals surface area contributed by atoms with Gasteiger partial charge in [-0.2, -0.15) is 0 Å². The van der Waals surface area contributed by atoms with Crippen molar-refractivity contribution in [3.63, 3.8) is 0 Å². The number of nitrogens with one attached hydrogen (secondary N) is 2. The number of aromatic nitrogens is 1. The van der Waals surface area contributed by atoms with Crippen molar-refractivity contribution in [1.82, 2.24) is 4.98 Å². The molecule has 1 aromatic heterocycles. The Morgan fingerprint density at radius 3 is 3.00 bits per heavy atom. The first kappa shape index (κ1) is 8.80. The summed E-state index contributed by atoms with van der Waals surface area (Å²) in [6, 6.07) is 5.01. The van der Waals surface area contributed by atoms with E-state index in [1.165, 1.54) is 6.07 Å². The van der Waals surface area contributed by atoms with Crippen LogP contribution in [0.5, 0.6) is 0 Å². The number of rotatable bonds is 4. The zero-order valence-electron chi connectivity index (χ0n) is 6.84. The minimum atomic E-state index is -0.0900. The molecule has 12 heavy (non-hydrogen) atoms. The van der Waals surface area contributed by atoms with Crippen LogP contribution in [-0.4, -0.2) is 18.1 Å². The van der Waals surface area contributed by atoms with E-state index in [0.717, 1.165) is 18.8 Å². The number of hydrogen-bond acceptors (Lipinski definition) is 3. The average molecular weight is 167 g/mol. The van der Waals surface area contributed by atoms with Gasteiger partial charge in [0.25, 0.3) is 0 Å². The standard InChI is InChI=1S/C8H13N3O/c9-5-2-6-10-7-3-1-4-8(12)11-7/h1,3-4H,2,5-6,9H2,(H2,10,11,12). The first-order chi connectivity index (χ1) is 5.83. The highest BCUT2D eigenvalue weighted by atomic mass is 16.1. The van der Waals surface area contributed by atoms with E-state index in [9.17, 15) is 4.79 Å². The molecule has 1 aromatic rings. The Bertz CT molecular complexity index is 282. The average Bonchev–Trinajstić information content (AvgIpc) is 2.05. The molecule has 0 radical (unpaired) electrons. The van der Waals surface area contributed by atoms with Crippen molar-refractivity contribution in [3.05, 3.63) is 28.6 Å². The molecule has 0 aliphatic heterocycles. The van der Waals surface area contributed by atoms with Gasteiger partial charge < -0.3 is 16.0 Å². The Kier molecular flexibility index (Phi) is 3.35. The number of pyridine rings is 1. The zero-order chi connectivity index (χ0) is 8.81. The van der Waals surface area contributed by atoms with Gasteiger partial charge in [-0.05, 0) is 19.0 Å². The van der Waals surface area contributed by atoms with E-state index in [4.69, 9.17) is 5.73 Å². The van der Waals surface area contributed by atoms with Gasteiger partial charge in [-0.3, -0.25) is 4.79 Å². The van der Waals surface area contributed by atoms with Gasteiger partial charge in [-0.15, -0.1) is 0 Å². The van der Waals surface area contributed by atoms with E-state index >= 15 is 0 Å². The molecule has 4 N–H and O–H groups in total. The number of aromatic amines is 1. The molecule has 1 rings (SSSR count). The topological polar surface area (TPSA) is 70.9 Å². The summed E-state index contributed by atoms with van der Waals surface area (Å²) in [4.78, 5) is 13.5. The molecule has 0 fully saturated rings. The second-order valence-corrected chi connectivity index (χ2v) is 2.50. The molecule has 0 saturated heterocycles. The Hall–Kier alpha value is -1.29. The van der Waals surface area contributed by atoms with Crippen LogP contribution < -0.4 is 16.6 Å². The molecule has 0 spiro atoms. The highest BCUT2D eigenvalue weighted by Crippen LogP contribution is 1.95. The molecule has 0 saturated carbocycles. The van der Waals surface area contributed by atoms with Crippen LogP contribution in [-0.2, 0) is 0 Å². The minimum absolute atomic E-state index is 0.0900. The zero-order valence-corrected chi connectivity index (χ0v) is 6.84. The van der Waals surface area contributed by atoms with Crippen LogP contribution in [0.25, 0.3) is 0 Å². The lowest BCUT2D eigenvalue weighted by Gasteiger charge is -2.03. The van der Waals surface area contributed by atoms with Crippen molar-refractivity contribution in [2.24, 2.45) is 5.73 Å². The van der Waals surface area contributed by atoms with E-state index in [2.05, 4.69) is 10.3 Å². The van der Waals surface area contributed by atoms with E-state index in [-0.39, 0.29) is 5.56 Å². The Morgan fingerprint density at radius 1 is 1.50 bits per heavy atom. The Balaban J connectivity index is 2.47. The largest absolute Gasteiger partial charge is 0.372 e. The summed E-state index contributed by atoms with van der Waals surface area (Å²) in [6.45, 7) is 1.44. The van der Waals surface area contributed by atoms with Crippen molar-refractivity contribution in [2.75, 3.05) is 18.4 Å². The summed E-state index contributed by atoms with van der Waals surface area (Å²) in [7, 11) is 0. The van der Waals surface area contributed by atoms with Crippen molar-refractivity contribution >= 4 is 5.82 Å². The van der Waals surface area contributed by atoms with E-state index in [1.807, 2.05) is 6.07 Å². The van der Waals surface area contributed by atoms with Gasteiger partial charge >= 0.3 is 0 Å². The van der Waals surface area contributed by atoms with Crippen LogP contribution >= 0.6 is 0 Å². The quantitative estimate of drug-likeness (QED) is 0.558. The summed E-state index contributed by atoms with van der Waals surface area (Å²) < 4.78 is 0. The van der Waals surface area contributed by atoms with Crippen LogP contribution in [0.15, 0.2) is 23.0 Å². The number of hydrogen-bond donors (Lipinski definition) is 3. The fourth-order valence-corrected chi connectivity index (χ4v) is 0.876. The molecule has 1 heterocycles. The van der Waals surface area contributed by atoms with Crippen molar-refractivity contribution in [3.8, 4) is 0 Å². The Morgan fingerprint density at radius 2 is 2.33 bits per heavy atom. The van der Waals surface area contributed by atoms with Crippen molar-refractivity contribution in [2.45, 2.75) is 6.42 Å². The fourth-order valence-electron chi connectivity index (χ4n) is 0.876. The van der Waals surface area contributed by atoms with E-state index in [1.54, 1.807) is 6.07 Å². The van der Waals surface area contributed by atoms with Gasteiger partial charge in [0.05, 0.1) is 0 Å². The van der Waals surface area contributed by atoms with Gasteiger partial charge in [0.1, 0.15) is 5.82 Å². The van der Waals surface area contributed by atoms with Gasteiger partial charge in [0.15, 0.2) is 0 Å². The van der Waals surface area contributed by atoms with Crippen molar-refractivity contribution < 1.29 is 0 Å². The first-order valence-electron chi connectivity index (χ1n) is 3.96. The van der Waals surface area contributed by atoms with Crippen LogP contribution in [0.1, 0.15) is 6.42 Å². The number of H-pyrrole nitrogens is 1. The molecule has 0 amide bonds. The van der Waals surface area contributed by atoms with E-state index in [0.29, 0.717) is 6.54 Å². The molecule has 0 aromatic carbocycles. The normalized spacial score (nSPS) is 9.75. The molecule has 0 aliphatic rings. The summed E-state index contributed by atoms with van der Waals surface area (Å²) in [5.41, 5.74) is 5.22. The Labute approximate surface area is 70.8 Å². The predicted molar refractivity (Wildman–Crippen MR) is 49.2 cm³/mol. The van der Waals surface area contributed by atoms with Crippen LogP contribution in [0.4, 0.5) is 5.82 Å². The lowest BCUT2D eigenvalue weighted by atomic mass is 10.4. The van der Waals surface area contributed by atoms with Gasteiger partial charge in [-0.25, -0.2) is 0 Å². The predicted octanol–water partition coefficient (Wildman–Crippen LogP) is 0.136. The number of nitrogens with two attached hydrogens (primary N) is 1. The minimum Gasteiger partial charge on any atom is -0.372 e. The molecular formula is C8H13N3O. The monoisotopic (exact) mass is 167 g/mol. The highest BCUT2D eigenvalue weighted by Gasteiger charge is 1.89. The second kappa shape index (κ2) is 4.56. The third-order valence-corrected chi connectivity index (χ3v) is 1.46. The maximum Gasteiger partial charge on any atom is 0.249 e. The molecule has 0 atom stereocenters. The highest BCUT2D eigenvalue weighted by molar-refractivity contribution is 5.32. The lowest BCUT2D eigenvalue weighted by molar-refractivity contribution is 0.869. The fraction of sp³-hybridized carbons (Fsp3) is 0.375. The maximum absolute atomic E-state index is 10.8.